The lowest BCUT2D eigenvalue weighted by Gasteiger charge is -2.28. The molecule has 1 aliphatic heterocycles. The molecule has 0 saturated carbocycles. The molecule has 1 N–H and O–H groups in total. The first-order chi connectivity index (χ1) is 14.2. The minimum absolute atomic E-state index is 0.0612. The first-order valence-corrected chi connectivity index (χ1v) is 10.5. The number of carbonyl (C=O) groups excluding carboxylic acids is 1. The van der Waals surface area contributed by atoms with Crippen LogP contribution in [-0.4, -0.2) is 42.1 Å². The Balaban J connectivity index is 1.60. The molecule has 0 radical (unpaired) electrons. The van der Waals surface area contributed by atoms with Crippen LogP contribution in [-0.2, 0) is 0 Å². The molecule has 1 atom stereocenters. The summed E-state index contributed by atoms with van der Waals surface area (Å²) in [5, 5.41) is 3.05. The van der Waals surface area contributed by atoms with E-state index < -0.39 is 0 Å². The average Bonchev–Trinajstić information content (AvgIpc) is 3.32. The number of urea groups is 1. The quantitative estimate of drug-likeness (QED) is 0.649. The van der Waals surface area contributed by atoms with Crippen molar-refractivity contribution in [1.29, 1.82) is 0 Å². The number of likely N-dealkylation sites (tertiary alicyclic amines) is 1. The fraction of sp³-hybridized carbons (Fsp3) is 0.417. The van der Waals surface area contributed by atoms with Gasteiger partial charge in [0.15, 0.2) is 5.58 Å². The van der Waals surface area contributed by atoms with Crippen LogP contribution in [0.25, 0.3) is 22.2 Å². The van der Waals surface area contributed by atoms with Crippen molar-refractivity contribution in [2.45, 2.75) is 45.2 Å². The summed E-state index contributed by atoms with van der Waals surface area (Å²) in [5.74, 6) is 0.617. The summed E-state index contributed by atoms with van der Waals surface area (Å²) in [4.78, 5) is 21.4. The van der Waals surface area contributed by atoms with Crippen LogP contribution in [0.5, 0.6) is 0 Å². The van der Waals surface area contributed by atoms with Gasteiger partial charge in [0.05, 0.1) is 0 Å². The van der Waals surface area contributed by atoms with Gasteiger partial charge in [-0.1, -0.05) is 18.2 Å². The molecule has 0 bridgehead atoms. The Morgan fingerprint density at radius 3 is 2.50 bits per heavy atom. The van der Waals surface area contributed by atoms with Crippen molar-refractivity contribution in [3.05, 3.63) is 48.4 Å². The van der Waals surface area contributed by atoms with Gasteiger partial charge in [-0.2, -0.15) is 0 Å². The molecule has 1 aromatic heterocycles. The molecule has 2 aromatic carbocycles. The van der Waals surface area contributed by atoms with Crippen LogP contribution in [0.2, 0.25) is 0 Å². The number of oxazole rings is 1. The van der Waals surface area contributed by atoms with E-state index in [9.17, 15) is 4.79 Å². The number of carbonyl (C=O) groups is 1. The van der Waals surface area contributed by atoms with Crippen LogP contribution < -0.4 is 10.2 Å². The van der Waals surface area contributed by atoms with Gasteiger partial charge in [-0.25, -0.2) is 9.78 Å². The molecule has 3 aromatic rings. The summed E-state index contributed by atoms with van der Waals surface area (Å²) < 4.78 is 6.06. The average molecular weight is 407 g/mol. The van der Waals surface area contributed by atoms with Gasteiger partial charge < -0.3 is 19.5 Å². The third-order valence-corrected chi connectivity index (χ3v) is 5.40. The summed E-state index contributed by atoms with van der Waals surface area (Å²) in [6.07, 6.45) is 1.81. The Morgan fingerprint density at radius 2 is 1.83 bits per heavy atom. The Labute approximate surface area is 177 Å². The molecule has 1 aliphatic rings. The highest BCUT2D eigenvalue weighted by Crippen LogP contribution is 2.34. The van der Waals surface area contributed by atoms with Crippen LogP contribution in [0.1, 0.15) is 45.5 Å². The number of anilines is 1. The predicted molar refractivity (Wildman–Crippen MR) is 121 cm³/mol. The summed E-state index contributed by atoms with van der Waals surface area (Å²) in [5.41, 5.74) is 4.70. The summed E-state index contributed by atoms with van der Waals surface area (Å²) in [6.45, 7) is 6.68. The third kappa shape index (κ3) is 4.13. The molecule has 6 nitrogen and oxygen atoms in total. The van der Waals surface area contributed by atoms with Gasteiger partial charge in [-0.15, -0.1) is 0 Å². The van der Waals surface area contributed by atoms with E-state index in [0.717, 1.165) is 41.6 Å². The first kappa shape index (κ1) is 20.3. The SMILES string of the molecule is CN(C)c1ccc(-c2ccc3oc(C4CCCN4C(=O)NC(C)(C)C)nc3c2)cc1. The van der Waals surface area contributed by atoms with Crippen molar-refractivity contribution >= 4 is 22.8 Å². The van der Waals surface area contributed by atoms with Gasteiger partial charge in [0.25, 0.3) is 0 Å². The van der Waals surface area contributed by atoms with E-state index in [4.69, 9.17) is 9.40 Å². The minimum Gasteiger partial charge on any atom is -0.438 e. The predicted octanol–water partition coefficient (Wildman–Crippen LogP) is 5.21. The summed E-state index contributed by atoms with van der Waals surface area (Å²) in [6, 6.07) is 14.4. The third-order valence-electron chi connectivity index (χ3n) is 5.40. The monoisotopic (exact) mass is 406 g/mol. The summed E-state index contributed by atoms with van der Waals surface area (Å²) in [7, 11) is 4.07. The number of nitrogens with zero attached hydrogens (tertiary/aromatic N) is 3. The molecule has 1 saturated heterocycles. The lowest BCUT2D eigenvalue weighted by Crippen LogP contribution is -2.48. The molecule has 2 amide bonds. The molecule has 0 aliphatic carbocycles. The van der Waals surface area contributed by atoms with Crippen LogP contribution in [0, 0.1) is 0 Å². The lowest BCUT2D eigenvalue weighted by atomic mass is 10.0. The maximum atomic E-state index is 12.7. The van der Waals surface area contributed by atoms with E-state index in [1.807, 2.05) is 45.8 Å². The number of benzene rings is 2. The van der Waals surface area contributed by atoms with E-state index in [0.29, 0.717) is 5.89 Å². The van der Waals surface area contributed by atoms with Crippen LogP contribution >= 0.6 is 0 Å². The number of hydrogen-bond acceptors (Lipinski definition) is 4. The Hall–Kier alpha value is -3.02. The second-order valence-electron chi connectivity index (χ2n) is 9.21. The van der Waals surface area contributed by atoms with Gasteiger partial charge in [-0.3, -0.25) is 0 Å². The zero-order valence-electron chi connectivity index (χ0n) is 18.4. The number of hydrogen-bond donors (Lipinski definition) is 1. The van der Waals surface area contributed by atoms with Crippen molar-refractivity contribution in [3.8, 4) is 11.1 Å². The van der Waals surface area contributed by atoms with Gasteiger partial charge in [0.1, 0.15) is 11.6 Å². The number of aromatic nitrogens is 1. The first-order valence-electron chi connectivity index (χ1n) is 10.5. The molecule has 4 rings (SSSR count). The molecule has 2 heterocycles. The van der Waals surface area contributed by atoms with Crippen molar-refractivity contribution in [2.24, 2.45) is 0 Å². The standard InChI is InChI=1S/C24H30N4O2/c1-24(2,3)26-23(29)28-14-6-7-20(28)22-25-19-15-17(10-13-21(19)30-22)16-8-11-18(12-9-16)27(4)5/h8-13,15,20H,6-7,14H2,1-5H3,(H,26,29). The molecule has 1 unspecified atom stereocenters. The lowest BCUT2D eigenvalue weighted by molar-refractivity contribution is 0.176. The van der Waals surface area contributed by atoms with Crippen molar-refractivity contribution in [2.75, 3.05) is 25.5 Å². The van der Waals surface area contributed by atoms with E-state index in [1.54, 1.807) is 0 Å². The number of rotatable bonds is 3. The maximum Gasteiger partial charge on any atom is 0.318 e. The molecule has 0 spiro atoms. The second kappa shape index (κ2) is 7.67. The fourth-order valence-electron chi connectivity index (χ4n) is 3.88. The molecule has 30 heavy (non-hydrogen) atoms. The van der Waals surface area contributed by atoms with Gasteiger partial charge in [0.2, 0.25) is 5.89 Å². The highest BCUT2D eigenvalue weighted by molar-refractivity contribution is 5.81. The van der Waals surface area contributed by atoms with Crippen molar-refractivity contribution < 1.29 is 9.21 Å². The largest absolute Gasteiger partial charge is 0.438 e. The van der Waals surface area contributed by atoms with E-state index in [2.05, 4.69) is 46.6 Å². The molecule has 1 fully saturated rings. The number of nitrogens with one attached hydrogen (secondary N) is 1. The zero-order valence-corrected chi connectivity index (χ0v) is 18.4. The minimum atomic E-state index is -0.275. The fourth-order valence-corrected chi connectivity index (χ4v) is 3.88. The Morgan fingerprint density at radius 1 is 1.13 bits per heavy atom. The number of amides is 2. The van der Waals surface area contributed by atoms with Crippen LogP contribution in [0.3, 0.4) is 0 Å². The van der Waals surface area contributed by atoms with Gasteiger partial charge in [0, 0.05) is 31.9 Å². The van der Waals surface area contributed by atoms with Crippen LogP contribution in [0.15, 0.2) is 46.9 Å². The van der Waals surface area contributed by atoms with Gasteiger partial charge in [-0.05, 0) is 69.0 Å². The maximum absolute atomic E-state index is 12.7. The molecule has 158 valence electrons. The highest BCUT2D eigenvalue weighted by Gasteiger charge is 2.34. The normalized spacial score (nSPS) is 16.8. The second-order valence-corrected chi connectivity index (χ2v) is 9.21. The van der Waals surface area contributed by atoms with E-state index in [-0.39, 0.29) is 17.6 Å². The number of fused-ring (bicyclic) bond motifs is 1. The van der Waals surface area contributed by atoms with E-state index >= 15 is 0 Å². The Bertz CT molecular complexity index is 1050. The van der Waals surface area contributed by atoms with Crippen molar-refractivity contribution in [1.82, 2.24) is 15.2 Å². The smallest absolute Gasteiger partial charge is 0.318 e. The molecular weight excluding hydrogens is 376 g/mol. The van der Waals surface area contributed by atoms with Gasteiger partial charge >= 0.3 is 6.03 Å². The van der Waals surface area contributed by atoms with Crippen molar-refractivity contribution in [3.63, 3.8) is 0 Å². The zero-order chi connectivity index (χ0) is 21.5. The summed E-state index contributed by atoms with van der Waals surface area (Å²) >= 11 is 0. The molecular formula is C24H30N4O2. The highest BCUT2D eigenvalue weighted by atomic mass is 16.4. The molecule has 6 heteroatoms. The topological polar surface area (TPSA) is 61.6 Å². The Kier molecular flexibility index (Phi) is 5.18. The van der Waals surface area contributed by atoms with Crippen LogP contribution in [0.4, 0.5) is 10.5 Å². The van der Waals surface area contributed by atoms with E-state index in [1.165, 1.54) is 5.69 Å².